The Hall–Kier alpha value is -1.75. The number of halogens is 3. The van der Waals surface area contributed by atoms with Gasteiger partial charge >= 0.3 is 5.97 Å². The van der Waals surface area contributed by atoms with E-state index in [-0.39, 0.29) is 21.7 Å². The van der Waals surface area contributed by atoms with Crippen molar-refractivity contribution in [1.82, 2.24) is 5.32 Å². The predicted molar refractivity (Wildman–Crippen MR) is 94.8 cm³/mol. The third kappa shape index (κ3) is 4.87. The number of hydrogen-bond acceptors (Lipinski definition) is 3. The zero-order valence-corrected chi connectivity index (χ0v) is 15.0. The first-order valence-electron chi connectivity index (χ1n) is 7.04. The van der Waals surface area contributed by atoms with Crippen molar-refractivity contribution in [2.24, 2.45) is 0 Å². The van der Waals surface area contributed by atoms with Gasteiger partial charge < -0.3 is 10.1 Å². The SMILES string of the molecule is C[C@@H](NC(=O)COC(=O)c1cccc(Cl)c1Cl)c1ccc(Cl)cc1. The average Bonchev–Trinajstić information content (AvgIpc) is 2.55. The Morgan fingerprint density at radius 1 is 1.08 bits per heavy atom. The Morgan fingerprint density at radius 3 is 2.42 bits per heavy atom. The molecular weight excluding hydrogens is 373 g/mol. The van der Waals surface area contributed by atoms with Crippen molar-refractivity contribution in [3.05, 3.63) is 68.7 Å². The van der Waals surface area contributed by atoms with Gasteiger partial charge in [0.1, 0.15) is 0 Å². The van der Waals surface area contributed by atoms with Gasteiger partial charge in [-0.25, -0.2) is 4.79 Å². The summed E-state index contributed by atoms with van der Waals surface area (Å²) in [5.41, 5.74) is 1.000. The van der Waals surface area contributed by atoms with Crippen molar-refractivity contribution >= 4 is 46.7 Å². The fraction of sp³-hybridized carbons (Fsp3) is 0.176. The van der Waals surface area contributed by atoms with Crippen molar-refractivity contribution in [1.29, 1.82) is 0 Å². The maximum Gasteiger partial charge on any atom is 0.340 e. The normalized spacial score (nSPS) is 11.7. The first-order chi connectivity index (χ1) is 11.4. The topological polar surface area (TPSA) is 55.4 Å². The Balaban J connectivity index is 1.89. The molecule has 0 saturated heterocycles. The van der Waals surface area contributed by atoms with Crippen LogP contribution in [0.25, 0.3) is 0 Å². The molecule has 1 N–H and O–H groups in total. The number of carbonyl (C=O) groups excluding carboxylic acids is 2. The number of amides is 1. The molecule has 24 heavy (non-hydrogen) atoms. The van der Waals surface area contributed by atoms with Crippen molar-refractivity contribution in [2.45, 2.75) is 13.0 Å². The second-order valence-electron chi connectivity index (χ2n) is 5.02. The van der Waals surface area contributed by atoms with Crippen molar-refractivity contribution in [3.63, 3.8) is 0 Å². The molecule has 4 nitrogen and oxygen atoms in total. The molecule has 0 heterocycles. The quantitative estimate of drug-likeness (QED) is 0.759. The van der Waals surface area contributed by atoms with E-state index in [1.54, 1.807) is 24.3 Å². The lowest BCUT2D eigenvalue weighted by Crippen LogP contribution is -2.31. The molecule has 1 atom stereocenters. The van der Waals surface area contributed by atoms with E-state index in [1.165, 1.54) is 6.07 Å². The minimum atomic E-state index is -0.711. The van der Waals surface area contributed by atoms with Crippen LogP contribution in [-0.4, -0.2) is 18.5 Å². The predicted octanol–water partition coefficient (Wildman–Crippen LogP) is 4.68. The molecule has 2 aromatic carbocycles. The minimum absolute atomic E-state index is 0.0964. The largest absolute Gasteiger partial charge is 0.452 e. The summed E-state index contributed by atoms with van der Waals surface area (Å²) >= 11 is 17.6. The van der Waals surface area contributed by atoms with E-state index in [1.807, 2.05) is 19.1 Å². The van der Waals surface area contributed by atoms with Gasteiger partial charge in [-0.1, -0.05) is 53.0 Å². The second-order valence-corrected chi connectivity index (χ2v) is 6.24. The molecule has 0 saturated carbocycles. The molecule has 126 valence electrons. The van der Waals surface area contributed by atoms with Gasteiger partial charge in [-0.15, -0.1) is 0 Å². The van der Waals surface area contributed by atoms with Crippen molar-refractivity contribution in [3.8, 4) is 0 Å². The van der Waals surface area contributed by atoms with Gasteiger partial charge in [0.25, 0.3) is 5.91 Å². The van der Waals surface area contributed by atoms with Crippen LogP contribution in [0.1, 0.15) is 28.9 Å². The number of esters is 1. The van der Waals surface area contributed by atoms with Gasteiger partial charge in [0, 0.05) is 5.02 Å². The van der Waals surface area contributed by atoms with Crippen LogP contribution < -0.4 is 5.32 Å². The summed E-state index contributed by atoms with van der Waals surface area (Å²) in [6.45, 7) is 1.40. The Kier molecular flexibility index (Phi) is 6.49. The van der Waals surface area contributed by atoms with E-state index in [0.717, 1.165) is 5.56 Å². The Morgan fingerprint density at radius 2 is 1.75 bits per heavy atom. The van der Waals surface area contributed by atoms with Gasteiger partial charge in [0.2, 0.25) is 0 Å². The molecule has 0 aromatic heterocycles. The number of ether oxygens (including phenoxy) is 1. The summed E-state index contributed by atoms with van der Waals surface area (Å²) in [6.07, 6.45) is 0. The first kappa shape index (κ1) is 18.6. The summed E-state index contributed by atoms with van der Waals surface area (Å²) < 4.78 is 4.97. The molecule has 0 aliphatic carbocycles. The second kappa shape index (κ2) is 8.38. The summed E-state index contributed by atoms with van der Waals surface area (Å²) in [7, 11) is 0. The molecule has 2 aromatic rings. The van der Waals surface area contributed by atoms with Crippen LogP contribution >= 0.6 is 34.8 Å². The van der Waals surface area contributed by atoms with Crippen molar-refractivity contribution < 1.29 is 14.3 Å². The fourth-order valence-electron chi connectivity index (χ4n) is 1.99. The van der Waals surface area contributed by atoms with Crippen LogP contribution in [-0.2, 0) is 9.53 Å². The molecule has 0 radical (unpaired) electrons. The molecule has 0 fully saturated rings. The molecule has 7 heteroatoms. The van der Waals surface area contributed by atoms with E-state index in [2.05, 4.69) is 5.32 Å². The van der Waals surface area contributed by atoms with Crippen LogP contribution in [0.3, 0.4) is 0 Å². The molecule has 2 rings (SSSR count). The van der Waals surface area contributed by atoms with Gasteiger partial charge in [-0.05, 0) is 36.8 Å². The van der Waals surface area contributed by atoms with Gasteiger partial charge in [-0.3, -0.25) is 4.79 Å². The molecule has 0 unspecified atom stereocenters. The highest BCUT2D eigenvalue weighted by Crippen LogP contribution is 2.26. The summed E-state index contributed by atoms with van der Waals surface area (Å²) in [5.74, 6) is -1.14. The number of nitrogens with one attached hydrogen (secondary N) is 1. The highest BCUT2D eigenvalue weighted by atomic mass is 35.5. The zero-order chi connectivity index (χ0) is 17.7. The molecule has 0 aliphatic heterocycles. The molecule has 0 spiro atoms. The van der Waals surface area contributed by atoms with Gasteiger partial charge in [0.15, 0.2) is 6.61 Å². The summed E-state index contributed by atoms with van der Waals surface area (Å²) in [4.78, 5) is 23.9. The lowest BCUT2D eigenvalue weighted by atomic mass is 10.1. The maximum atomic E-state index is 12.0. The third-order valence-corrected chi connectivity index (χ3v) is 4.32. The molecule has 0 aliphatic rings. The zero-order valence-electron chi connectivity index (χ0n) is 12.7. The fourth-order valence-corrected chi connectivity index (χ4v) is 2.49. The van der Waals surface area contributed by atoms with E-state index < -0.39 is 18.5 Å². The molecular formula is C17H14Cl3NO3. The van der Waals surface area contributed by atoms with E-state index in [0.29, 0.717) is 5.02 Å². The molecule has 1 amide bonds. The smallest absolute Gasteiger partial charge is 0.340 e. The highest BCUT2D eigenvalue weighted by Gasteiger charge is 2.16. The van der Waals surface area contributed by atoms with E-state index in [9.17, 15) is 9.59 Å². The monoisotopic (exact) mass is 385 g/mol. The first-order valence-corrected chi connectivity index (χ1v) is 8.18. The van der Waals surface area contributed by atoms with Crippen LogP contribution in [0.5, 0.6) is 0 Å². The highest BCUT2D eigenvalue weighted by molar-refractivity contribution is 6.43. The number of benzene rings is 2. The third-order valence-electron chi connectivity index (χ3n) is 3.25. The van der Waals surface area contributed by atoms with Crippen LogP contribution in [0, 0.1) is 0 Å². The average molecular weight is 387 g/mol. The Labute approximate surface area is 154 Å². The standard InChI is InChI=1S/C17H14Cl3NO3/c1-10(11-5-7-12(18)8-6-11)21-15(22)9-24-17(23)13-3-2-4-14(19)16(13)20/h2-8,10H,9H2,1H3,(H,21,22)/t10-/m1/s1. The van der Waals surface area contributed by atoms with E-state index in [4.69, 9.17) is 39.5 Å². The maximum absolute atomic E-state index is 12.0. The van der Waals surface area contributed by atoms with Crippen LogP contribution in [0.2, 0.25) is 15.1 Å². The number of hydrogen-bond donors (Lipinski definition) is 1. The number of rotatable bonds is 5. The van der Waals surface area contributed by atoms with Gasteiger partial charge in [0.05, 0.1) is 21.7 Å². The molecule has 0 bridgehead atoms. The summed E-state index contributed by atoms with van der Waals surface area (Å²) in [6, 6.07) is 11.5. The van der Waals surface area contributed by atoms with Crippen molar-refractivity contribution in [2.75, 3.05) is 6.61 Å². The van der Waals surface area contributed by atoms with Crippen LogP contribution in [0.15, 0.2) is 42.5 Å². The summed E-state index contributed by atoms with van der Waals surface area (Å²) in [5, 5.41) is 3.68. The lowest BCUT2D eigenvalue weighted by Gasteiger charge is -2.14. The van der Waals surface area contributed by atoms with Crippen LogP contribution in [0.4, 0.5) is 0 Å². The number of carbonyl (C=O) groups is 2. The van der Waals surface area contributed by atoms with Gasteiger partial charge in [-0.2, -0.15) is 0 Å². The Bertz CT molecular complexity index is 747. The van der Waals surface area contributed by atoms with E-state index >= 15 is 0 Å². The minimum Gasteiger partial charge on any atom is -0.452 e. The lowest BCUT2D eigenvalue weighted by molar-refractivity contribution is -0.124.